The number of fused-ring (bicyclic) bond motifs is 1. The van der Waals surface area contributed by atoms with Crippen molar-refractivity contribution in [1.82, 2.24) is 9.80 Å². The van der Waals surface area contributed by atoms with Gasteiger partial charge in [0.25, 0.3) is 11.8 Å². The molecule has 0 N–H and O–H groups in total. The molecule has 2 aliphatic rings. The number of rotatable bonds is 7. The van der Waals surface area contributed by atoms with E-state index in [1.807, 2.05) is 36.4 Å². The molecule has 2 heterocycles. The number of benzene rings is 2. The van der Waals surface area contributed by atoms with E-state index < -0.39 is 0 Å². The Labute approximate surface area is 172 Å². The Morgan fingerprint density at radius 3 is 2.31 bits per heavy atom. The molecule has 0 aliphatic carbocycles. The molecule has 0 saturated carbocycles. The summed E-state index contributed by atoms with van der Waals surface area (Å²) < 4.78 is 0. The van der Waals surface area contributed by atoms with Crippen LogP contribution in [0.5, 0.6) is 0 Å². The highest BCUT2D eigenvalue weighted by molar-refractivity contribution is 6.35. The highest BCUT2D eigenvalue weighted by Gasteiger charge is 2.41. The van der Waals surface area contributed by atoms with Gasteiger partial charge in [-0.2, -0.15) is 0 Å². The Morgan fingerprint density at radius 1 is 0.828 bits per heavy atom. The van der Waals surface area contributed by atoms with Gasteiger partial charge < -0.3 is 4.90 Å². The standard InChI is InChI=1S/C25H28N2O2/c1-2-3-4-10-16-27-24(28)22(20-12-6-5-7-13-20)23(25(27)29)26-17-15-19-11-8-9-14-21(19)18-26/h5-9,11-14H,2-4,10,15-18H2,1H3. The monoisotopic (exact) mass is 388 g/mol. The van der Waals surface area contributed by atoms with Crippen molar-refractivity contribution in [3.63, 3.8) is 0 Å². The van der Waals surface area contributed by atoms with Crippen LogP contribution in [0, 0.1) is 0 Å². The average molecular weight is 389 g/mol. The zero-order valence-corrected chi connectivity index (χ0v) is 17.1. The maximum absolute atomic E-state index is 13.4. The zero-order chi connectivity index (χ0) is 20.2. The van der Waals surface area contributed by atoms with Crippen LogP contribution in [0.15, 0.2) is 60.3 Å². The van der Waals surface area contributed by atoms with Crippen LogP contribution in [-0.2, 0) is 22.6 Å². The van der Waals surface area contributed by atoms with Gasteiger partial charge in [0.2, 0.25) is 0 Å². The van der Waals surface area contributed by atoms with Gasteiger partial charge in [-0.3, -0.25) is 14.5 Å². The fourth-order valence-corrected chi connectivity index (χ4v) is 4.31. The van der Waals surface area contributed by atoms with Crippen LogP contribution in [0.1, 0.15) is 49.3 Å². The average Bonchev–Trinajstić information content (AvgIpc) is 3.01. The van der Waals surface area contributed by atoms with Crippen molar-refractivity contribution in [2.24, 2.45) is 0 Å². The number of carbonyl (C=O) groups is 2. The minimum Gasteiger partial charge on any atom is -0.362 e. The number of imide groups is 1. The molecule has 29 heavy (non-hydrogen) atoms. The first-order valence-corrected chi connectivity index (χ1v) is 10.7. The molecule has 0 spiro atoms. The van der Waals surface area contributed by atoms with Gasteiger partial charge in [-0.25, -0.2) is 0 Å². The number of nitrogens with zero attached hydrogens (tertiary/aromatic N) is 2. The molecule has 0 fully saturated rings. The van der Waals surface area contributed by atoms with Crippen LogP contribution in [0.4, 0.5) is 0 Å². The predicted molar refractivity (Wildman–Crippen MR) is 115 cm³/mol. The molecular formula is C25H28N2O2. The molecule has 2 aromatic rings. The minimum atomic E-state index is -0.147. The van der Waals surface area contributed by atoms with Gasteiger partial charge in [0.1, 0.15) is 5.70 Å². The molecule has 4 heteroatoms. The molecule has 2 aliphatic heterocycles. The smallest absolute Gasteiger partial charge is 0.277 e. The predicted octanol–water partition coefficient (Wildman–Crippen LogP) is 4.41. The molecule has 4 rings (SSSR count). The van der Waals surface area contributed by atoms with E-state index in [-0.39, 0.29) is 11.8 Å². The van der Waals surface area contributed by atoms with Crippen molar-refractivity contribution in [2.45, 2.75) is 45.6 Å². The Morgan fingerprint density at radius 2 is 1.55 bits per heavy atom. The summed E-state index contributed by atoms with van der Waals surface area (Å²) >= 11 is 0. The normalized spacial score (nSPS) is 16.6. The van der Waals surface area contributed by atoms with E-state index in [9.17, 15) is 9.59 Å². The maximum Gasteiger partial charge on any atom is 0.277 e. The Hall–Kier alpha value is -2.88. The largest absolute Gasteiger partial charge is 0.362 e. The molecule has 0 saturated heterocycles. The SMILES string of the molecule is CCCCCCN1C(=O)C(c2ccccc2)=C(N2CCc3ccccc3C2)C1=O. The summed E-state index contributed by atoms with van der Waals surface area (Å²) in [4.78, 5) is 30.3. The third-order valence-corrected chi connectivity index (χ3v) is 5.89. The number of hydrogen-bond acceptors (Lipinski definition) is 3. The zero-order valence-electron chi connectivity index (χ0n) is 17.1. The molecule has 0 aromatic heterocycles. The van der Waals surface area contributed by atoms with Crippen LogP contribution >= 0.6 is 0 Å². The fourth-order valence-electron chi connectivity index (χ4n) is 4.31. The van der Waals surface area contributed by atoms with Crippen molar-refractivity contribution in [3.8, 4) is 0 Å². The van der Waals surface area contributed by atoms with Crippen LogP contribution < -0.4 is 0 Å². The first kappa shape index (κ1) is 19.4. The van der Waals surface area contributed by atoms with Gasteiger partial charge in [-0.05, 0) is 29.5 Å². The van der Waals surface area contributed by atoms with Crippen molar-refractivity contribution in [2.75, 3.05) is 13.1 Å². The van der Waals surface area contributed by atoms with Gasteiger partial charge in [0.15, 0.2) is 0 Å². The summed E-state index contributed by atoms with van der Waals surface area (Å²) in [5.74, 6) is -0.281. The van der Waals surface area contributed by atoms with E-state index in [1.54, 1.807) is 0 Å². The lowest BCUT2D eigenvalue weighted by atomic mass is 9.98. The molecule has 2 amide bonds. The van der Waals surface area contributed by atoms with Crippen molar-refractivity contribution < 1.29 is 9.59 Å². The third-order valence-electron chi connectivity index (χ3n) is 5.89. The van der Waals surface area contributed by atoms with Gasteiger partial charge in [-0.15, -0.1) is 0 Å². The van der Waals surface area contributed by atoms with Crippen LogP contribution in [0.2, 0.25) is 0 Å². The van der Waals surface area contributed by atoms with Gasteiger partial charge in [-0.1, -0.05) is 80.8 Å². The minimum absolute atomic E-state index is 0.135. The van der Waals surface area contributed by atoms with Crippen LogP contribution in [0.3, 0.4) is 0 Å². The molecule has 0 radical (unpaired) electrons. The lowest BCUT2D eigenvalue weighted by molar-refractivity contribution is -0.137. The first-order valence-electron chi connectivity index (χ1n) is 10.7. The molecule has 0 atom stereocenters. The quantitative estimate of drug-likeness (QED) is 0.521. The number of amides is 2. The topological polar surface area (TPSA) is 40.6 Å². The van der Waals surface area contributed by atoms with Crippen molar-refractivity contribution in [1.29, 1.82) is 0 Å². The highest BCUT2D eigenvalue weighted by Crippen LogP contribution is 2.34. The first-order chi connectivity index (χ1) is 14.2. The number of unbranched alkanes of at least 4 members (excludes halogenated alkanes) is 3. The lowest BCUT2D eigenvalue weighted by Crippen LogP contribution is -2.37. The molecule has 0 unspecified atom stereocenters. The second kappa shape index (κ2) is 8.64. The number of carbonyl (C=O) groups excluding carboxylic acids is 2. The van der Waals surface area contributed by atoms with Crippen molar-refractivity contribution >= 4 is 17.4 Å². The summed E-state index contributed by atoms with van der Waals surface area (Å²) in [7, 11) is 0. The summed E-state index contributed by atoms with van der Waals surface area (Å²) in [6, 6.07) is 18.0. The summed E-state index contributed by atoms with van der Waals surface area (Å²) in [5, 5.41) is 0. The Bertz CT molecular complexity index is 933. The number of hydrogen-bond donors (Lipinski definition) is 0. The second-order valence-electron chi connectivity index (χ2n) is 7.85. The lowest BCUT2D eigenvalue weighted by Gasteiger charge is -2.31. The third kappa shape index (κ3) is 3.84. The van der Waals surface area contributed by atoms with Gasteiger partial charge in [0.05, 0.1) is 5.57 Å². The Kier molecular flexibility index (Phi) is 5.79. The second-order valence-corrected chi connectivity index (χ2v) is 7.85. The van der Waals surface area contributed by atoms with E-state index in [0.29, 0.717) is 24.4 Å². The molecular weight excluding hydrogens is 360 g/mol. The summed E-state index contributed by atoms with van der Waals surface area (Å²) in [5.41, 5.74) is 4.53. The summed E-state index contributed by atoms with van der Waals surface area (Å²) in [6.45, 7) is 4.09. The van der Waals surface area contributed by atoms with E-state index in [2.05, 4.69) is 30.0 Å². The maximum atomic E-state index is 13.4. The van der Waals surface area contributed by atoms with E-state index in [0.717, 1.165) is 44.2 Å². The van der Waals surface area contributed by atoms with Crippen LogP contribution in [0.25, 0.3) is 5.57 Å². The van der Waals surface area contributed by atoms with E-state index >= 15 is 0 Å². The van der Waals surface area contributed by atoms with Crippen molar-refractivity contribution in [3.05, 3.63) is 77.0 Å². The van der Waals surface area contributed by atoms with E-state index in [4.69, 9.17) is 0 Å². The summed E-state index contributed by atoms with van der Waals surface area (Å²) in [6.07, 6.45) is 5.06. The highest BCUT2D eigenvalue weighted by atomic mass is 16.2. The molecule has 0 bridgehead atoms. The van der Waals surface area contributed by atoms with Crippen LogP contribution in [-0.4, -0.2) is 34.7 Å². The molecule has 150 valence electrons. The molecule has 4 nitrogen and oxygen atoms in total. The van der Waals surface area contributed by atoms with Gasteiger partial charge >= 0.3 is 0 Å². The fraction of sp³-hybridized carbons (Fsp3) is 0.360. The Balaban J connectivity index is 1.66. The molecule has 2 aromatic carbocycles. The van der Waals surface area contributed by atoms with E-state index in [1.165, 1.54) is 16.0 Å². The van der Waals surface area contributed by atoms with Gasteiger partial charge in [0, 0.05) is 19.6 Å².